The van der Waals surface area contributed by atoms with Crippen molar-refractivity contribution in [2.24, 2.45) is 0 Å². The number of carbonyl (C=O) groups excluding carboxylic acids is 1. The molecule has 1 unspecified atom stereocenters. The second kappa shape index (κ2) is 5.01. The van der Waals surface area contributed by atoms with Crippen LogP contribution in [0.2, 0.25) is 10.0 Å². The molecule has 1 atom stereocenters. The smallest absolute Gasteiger partial charge is 0.237 e. The second-order valence-corrected chi connectivity index (χ2v) is 5.01. The average Bonchev–Trinajstić information content (AvgIpc) is 2.01. The molecule has 1 N–H and O–H groups in total. The number of alkyl halides is 1. The molecule has 0 bridgehead atoms. The van der Waals surface area contributed by atoms with Crippen LogP contribution in [0.25, 0.3) is 0 Å². The first kappa shape index (κ1) is 11.8. The van der Waals surface area contributed by atoms with Crippen molar-refractivity contribution in [3.8, 4) is 0 Å². The Hall–Kier alpha value is -0.250. The van der Waals surface area contributed by atoms with Crippen LogP contribution in [0.3, 0.4) is 0 Å². The summed E-state index contributed by atoms with van der Waals surface area (Å²) >= 11 is 14.7. The fourth-order valence-electron chi connectivity index (χ4n) is 0.868. The summed E-state index contributed by atoms with van der Waals surface area (Å²) in [7, 11) is 0. The SMILES string of the molecule is CC(Br)C(=O)Nc1cc(Cl)cc(Cl)c1. The van der Waals surface area contributed by atoms with E-state index in [0.717, 1.165) is 0 Å². The molecule has 5 heteroatoms. The van der Waals surface area contributed by atoms with Gasteiger partial charge in [0.25, 0.3) is 0 Å². The third-order valence-electron chi connectivity index (χ3n) is 1.49. The predicted octanol–water partition coefficient (Wildman–Crippen LogP) is 3.72. The monoisotopic (exact) mass is 295 g/mol. The van der Waals surface area contributed by atoms with Gasteiger partial charge in [-0.1, -0.05) is 39.1 Å². The molecule has 0 aliphatic carbocycles. The Balaban J connectivity index is 2.82. The summed E-state index contributed by atoms with van der Waals surface area (Å²) in [4.78, 5) is 11.0. The minimum Gasteiger partial charge on any atom is -0.325 e. The summed E-state index contributed by atoms with van der Waals surface area (Å²) in [6.07, 6.45) is 0. The van der Waals surface area contributed by atoms with Crippen LogP contribution in [-0.2, 0) is 4.79 Å². The molecule has 0 heterocycles. The third kappa shape index (κ3) is 3.48. The second-order valence-electron chi connectivity index (χ2n) is 2.76. The first-order valence-corrected chi connectivity index (χ1v) is 5.57. The van der Waals surface area contributed by atoms with Gasteiger partial charge in [0, 0.05) is 15.7 Å². The van der Waals surface area contributed by atoms with Crippen LogP contribution in [0.5, 0.6) is 0 Å². The molecule has 1 aromatic rings. The van der Waals surface area contributed by atoms with Crippen molar-refractivity contribution in [2.45, 2.75) is 11.8 Å². The molecular formula is C9H8BrCl2NO. The molecule has 0 aliphatic rings. The van der Waals surface area contributed by atoms with E-state index in [1.807, 2.05) is 0 Å². The first-order valence-electron chi connectivity index (χ1n) is 3.90. The number of rotatable bonds is 2. The number of carbonyl (C=O) groups is 1. The van der Waals surface area contributed by atoms with E-state index in [9.17, 15) is 4.79 Å². The summed E-state index contributed by atoms with van der Waals surface area (Å²) in [5, 5.41) is 3.66. The van der Waals surface area contributed by atoms with Crippen LogP contribution < -0.4 is 5.32 Å². The molecule has 1 aromatic carbocycles. The van der Waals surface area contributed by atoms with Gasteiger partial charge < -0.3 is 5.32 Å². The highest BCUT2D eigenvalue weighted by Gasteiger charge is 2.09. The van der Waals surface area contributed by atoms with Gasteiger partial charge in [0.15, 0.2) is 0 Å². The molecular weight excluding hydrogens is 289 g/mol. The Morgan fingerprint density at radius 3 is 2.29 bits per heavy atom. The van der Waals surface area contributed by atoms with E-state index < -0.39 is 0 Å². The van der Waals surface area contributed by atoms with Crippen LogP contribution in [0.4, 0.5) is 5.69 Å². The standard InChI is InChI=1S/C9H8BrCl2NO/c1-5(10)9(14)13-8-3-6(11)2-7(12)4-8/h2-5H,1H3,(H,13,14). The van der Waals surface area contributed by atoms with Gasteiger partial charge in [0.1, 0.15) is 0 Å². The van der Waals surface area contributed by atoms with E-state index in [4.69, 9.17) is 23.2 Å². The normalized spacial score (nSPS) is 12.3. The lowest BCUT2D eigenvalue weighted by atomic mass is 10.3. The maximum absolute atomic E-state index is 11.3. The minimum absolute atomic E-state index is 0.136. The summed E-state index contributed by atoms with van der Waals surface area (Å²) in [6, 6.07) is 4.89. The van der Waals surface area contributed by atoms with Gasteiger partial charge in [0.2, 0.25) is 5.91 Å². The lowest BCUT2D eigenvalue weighted by molar-refractivity contribution is -0.115. The Labute approximate surface area is 101 Å². The van der Waals surface area contributed by atoms with Crippen molar-refractivity contribution in [1.82, 2.24) is 0 Å². The number of amides is 1. The van der Waals surface area contributed by atoms with E-state index >= 15 is 0 Å². The molecule has 1 rings (SSSR count). The average molecular weight is 297 g/mol. The molecule has 76 valence electrons. The fourth-order valence-corrected chi connectivity index (χ4v) is 1.51. The number of anilines is 1. The van der Waals surface area contributed by atoms with Gasteiger partial charge in [0.05, 0.1) is 4.83 Å². The highest BCUT2D eigenvalue weighted by atomic mass is 79.9. The van der Waals surface area contributed by atoms with Crippen LogP contribution in [0.1, 0.15) is 6.92 Å². The van der Waals surface area contributed by atoms with Crippen molar-refractivity contribution in [2.75, 3.05) is 5.32 Å². The van der Waals surface area contributed by atoms with E-state index in [0.29, 0.717) is 15.7 Å². The zero-order valence-corrected chi connectivity index (χ0v) is 10.4. The molecule has 14 heavy (non-hydrogen) atoms. The largest absolute Gasteiger partial charge is 0.325 e. The zero-order chi connectivity index (χ0) is 10.7. The summed E-state index contributed by atoms with van der Waals surface area (Å²) in [5.41, 5.74) is 0.596. The maximum Gasteiger partial charge on any atom is 0.237 e. The molecule has 0 fully saturated rings. The van der Waals surface area contributed by atoms with Gasteiger partial charge in [-0.2, -0.15) is 0 Å². The molecule has 0 saturated heterocycles. The van der Waals surface area contributed by atoms with Gasteiger partial charge >= 0.3 is 0 Å². The van der Waals surface area contributed by atoms with Crippen LogP contribution in [-0.4, -0.2) is 10.7 Å². The number of halogens is 3. The lowest BCUT2D eigenvalue weighted by Gasteiger charge is -2.07. The molecule has 1 amide bonds. The van der Waals surface area contributed by atoms with Gasteiger partial charge in [-0.05, 0) is 25.1 Å². The van der Waals surface area contributed by atoms with E-state index in [1.54, 1.807) is 25.1 Å². The predicted molar refractivity (Wildman–Crippen MR) is 63.5 cm³/mol. The van der Waals surface area contributed by atoms with Crippen LogP contribution >= 0.6 is 39.1 Å². The van der Waals surface area contributed by atoms with Gasteiger partial charge in [-0.25, -0.2) is 0 Å². The molecule has 0 spiro atoms. The van der Waals surface area contributed by atoms with Crippen molar-refractivity contribution in [1.29, 1.82) is 0 Å². The Morgan fingerprint density at radius 2 is 1.86 bits per heavy atom. The molecule has 2 nitrogen and oxygen atoms in total. The lowest BCUT2D eigenvalue weighted by Crippen LogP contribution is -2.19. The summed E-state index contributed by atoms with van der Waals surface area (Å²) < 4.78 is 0. The Bertz CT molecular complexity index is 334. The Morgan fingerprint density at radius 1 is 1.36 bits per heavy atom. The third-order valence-corrected chi connectivity index (χ3v) is 2.34. The molecule has 0 saturated carbocycles. The van der Waals surface area contributed by atoms with Crippen molar-refractivity contribution >= 4 is 50.7 Å². The number of hydrogen-bond donors (Lipinski definition) is 1. The van der Waals surface area contributed by atoms with Crippen LogP contribution in [0.15, 0.2) is 18.2 Å². The van der Waals surface area contributed by atoms with E-state index in [2.05, 4.69) is 21.2 Å². The number of benzene rings is 1. The highest BCUT2D eigenvalue weighted by molar-refractivity contribution is 9.10. The quantitative estimate of drug-likeness (QED) is 0.828. The maximum atomic E-state index is 11.3. The number of nitrogens with one attached hydrogen (secondary N) is 1. The minimum atomic E-state index is -0.250. The topological polar surface area (TPSA) is 29.1 Å². The van der Waals surface area contributed by atoms with E-state index in [1.165, 1.54) is 0 Å². The Kier molecular flexibility index (Phi) is 4.23. The van der Waals surface area contributed by atoms with E-state index in [-0.39, 0.29) is 10.7 Å². The van der Waals surface area contributed by atoms with Crippen molar-refractivity contribution < 1.29 is 4.79 Å². The van der Waals surface area contributed by atoms with Gasteiger partial charge in [-0.15, -0.1) is 0 Å². The van der Waals surface area contributed by atoms with Crippen molar-refractivity contribution in [3.05, 3.63) is 28.2 Å². The summed E-state index contributed by atoms with van der Waals surface area (Å²) in [6.45, 7) is 1.74. The fraction of sp³-hybridized carbons (Fsp3) is 0.222. The van der Waals surface area contributed by atoms with Crippen molar-refractivity contribution in [3.63, 3.8) is 0 Å². The summed E-state index contributed by atoms with van der Waals surface area (Å²) in [5.74, 6) is -0.136. The zero-order valence-electron chi connectivity index (χ0n) is 7.35. The van der Waals surface area contributed by atoms with Gasteiger partial charge in [-0.3, -0.25) is 4.79 Å². The molecule has 0 radical (unpaired) electrons. The van der Waals surface area contributed by atoms with Crippen LogP contribution in [0, 0.1) is 0 Å². The highest BCUT2D eigenvalue weighted by Crippen LogP contribution is 2.22. The first-order chi connectivity index (χ1) is 6.49. The molecule has 0 aliphatic heterocycles. The number of hydrogen-bond acceptors (Lipinski definition) is 1. The molecule has 0 aromatic heterocycles.